The standard InChI is InChI=1S/C17H13ClN4OS/c1-2-23-14-8-4-5-11(10-14)15-19-20-17-22(15)21-16(24-17)12-6-3-7-13(18)9-12/h3-10H,2H2,1H3. The topological polar surface area (TPSA) is 52.3 Å². The van der Waals surface area contributed by atoms with Crippen LogP contribution in [0.5, 0.6) is 5.75 Å². The molecule has 2 heterocycles. The van der Waals surface area contributed by atoms with Crippen LogP contribution in [0.3, 0.4) is 0 Å². The number of hydrogen-bond acceptors (Lipinski definition) is 5. The van der Waals surface area contributed by atoms with Gasteiger partial charge in [0, 0.05) is 16.1 Å². The molecule has 0 aliphatic rings. The summed E-state index contributed by atoms with van der Waals surface area (Å²) in [7, 11) is 0. The first-order valence-electron chi connectivity index (χ1n) is 7.46. The van der Waals surface area contributed by atoms with Gasteiger partial charge in [0.25, 0.3) is 0 Å². The van der Waals surface area contributed by atoms with Crippen molar-refractivity contribution >= 4 is 27.9 Å². The van der Waals surface area contributed by atoms with Gasteiger partial charge in [0.2, 0.25) is 4.96 Å². The molecule has 5 nitrogen and oxygen atoms in total. The lowest BCUT2D eigenvalue weighted by Crippen LogP contribution is -1.94. The number of benzene rings is 2. The average Bonchev–Trinajstić information content (AvgIpc) is 3.16. The third-order valence-electron chi connectivity index (χ3n) is 3.47. The van der Waals surface area contributed by atoms with Crippen molar-refractivity contribution in [3.63, 3.8) is 0 Å². The lowest BCUT2D eigenvalue weighted by molar-refractivity contribution is 0.340. The first-order valence-corrected chi connectivity index (χ1v) is 8.65. The van der Waals surface area contributed by atoms with Crippen LogP contribution in [0.1, 0.15) is 6.92 Å². The molecule has 0 bridgehead atoms. The fourth-order valence-electron chi connectivity index (χ4n) is 2.43. The molecule has 0 atom stereocenters. The highest BCUT2D eigenvalue weighted by atomic mass is 35.5. The summed E-state index contributed by atoms with van der Waals surface area (Å²) in [6.07, 6.45) is 0. The predicted octanol–water partition coefficient (Wildman–Crippen LogP) is 4.57. The minimum absolute atomic E-state index is 0.619. The summed E-state index contributed by atoms with van der Waals surface area (Å²) in [6.45, 7) is 2.58. The molecule has 4 rings (SSSR count). The van der Waals surface area contributed by atoms with Gasteiger partial charge in [-0.1, -0.05) is 47.2 Å². The monoisotopic (exact) mass is 356 g/mol. The van der Waals surface area contributed by atoms with Gasteiger partial charge in [-0.25, -0.2) is 0 Å². The van der Waals surface area contributed by atoms with Crippen LogP contribution in [0.4, 0.5) is 0 Å². The van der Waals surface area contributed by atoms with E-state index in [-0.39, 0.29) is 0 Å². The number of ether oxygens (including phenoxy) is 1. The highest BCUT2D eigenvalue weighted by molar-refractivity contribution is 7.19. The van der Waals surface area contributed by atoms with E-state index < -0.39 is 0 Å². The number of aromatic nitrogens is 4. The summed E-state index contributed by atoms with van der Waals surface area (Å²) in [4.78, 5) is 0.738. The van der Waals surface area contributed by atoms with Gasteiger partial charge in [-0.15, -0.1) is 10.2 Å². The van der Waals surface area contributed by atoms with Crippen LogP contribution in [-0.4, -0.2) is 26.4 Å². The molecule has 0 aliphatic carbocycles. The second kappa shape index (κ2) is 6.22. The van der Waals surface area contributed by atoms with E-state index in [0.29, 0.717) is 17.5 Å². The van der Waals surface area contributed by atoms with E-state index >= 15 is 0 Å². The first kappa shape index (κ1) is 15.1. The number of hydrogen-bond donors (Lipinski definition) is 0. The Balaban J connectivity index is 1.79. The van der Waals surface area contributed by atoms with Gasteiger partial charge in [0.1, 0.15) is 10.8 Å². The van der Waals surface area contributed by atoms with Crippen molar-refractivity contribution in [3.05, 3.63) is 53.6 Å². The Hall–Kier alpha value is -2.44. The average molecular weight is 357 g/mol. The van der Waals surface area contributed by atoms with Crippen LogP contribution >= 0.6 is 22.9 Å². The second-order valence-corrected chi connectivity index (χ2v) is 6.49. The Bertz CT molecular complexity index is 1010. The van der Waals surface area contributed by atoms with Gasteiger partial charge < -0.3 is 4.74 Å². The van der Waals surface area contributed by atoms with E-state index in [4.69, 9.17) is 16.3 Å². The maximum atomic E-state index is 6.07. The SMILES string of the molecule is CCOc1cccc(-c2nnc3sc(-c4cccc(Cl)c4)nn23)c1. The molecule has 0 spiro atoms. The summed E-state index contributed by atoms with van der Waals surface area (Å²) >= 11 is 7.55. The van der Waals surface area contributed by atoms with Crippen LogP contribution in [0.25, 0.3) is 26.9 Å². The molecule has 2 aromatic carbocycles. The molecule has 24 heavy (non-hydrogen) atoms. The summed E-state index contributed by atoms with van der Waals surface area (Å²) in [6, 6.07) is 15.4. The van der Waals surface area contributed by atoms with Crippen LogP contribution in [-0.2, 0) is 0 Å². The zero-order valence-electron chi connectivity index (χ0n) is 12.8. The fraction of sp³-hybridized carbons (Fsp3) is 0.118. The second-order valence-electron chi connectivity index (χ2n) is 5.10. The number of halogens is 1. The summed E-state index contributed by atoms with van der Waals surface area (Å²) < 4.78 is 7.31. The Kier molecular flexibility index (Phi) is 3.92. The quantitative estimate of drug-likeness (QED) is 0.537. The van der Waals surface area contributed by atoms with Gasteiger partial charge in [-0.05, 0) is 31.2 Å². The van der Waals surface area contributed by atoms with Crippen molar-refractivity contribution in [2.24, 2.45) is 0 Å². The third-order valence-corrected chi connectivity index (χ3v) is 4.65. The molecule has 0 saturated heterocycles. The maximum absolute atomic E-state index is 6.07. The van der Waals surface area contributed by atoms with Gasteiger partial charge in [-0.3, -0.25) is 0 Å². The van der Waals surface area contributed by atoms with E-state index in [1.807, 2.05) is 55.5 Å². The molecular weight excluding hydrogens is 344 g/mol. The van der Waals surface area contributed by atoms with Crippen molar-refractivity contribution in [2.75, 3.05) is 6.61 Å². The Labute approximate surface area is 147 Å². The predicted molar refractivity (Wildman–Crippen MR) is 95.7 cm³/mol. The number of rotatable bonds is 4. The van der Waals surface area contributed by atoms with E-state index in [0.717, 1.165) is 26.8 Å². The zero-order valence-corrected chi connectivity index (χ0v) is 14.4. The zero-order chi connectivity index (χ0) is 16.5. The van der Waals surface area contributed by atoms with Crippen molar-refractivity contribution in [2.45, 2.75) is 6.92 Å². The van der Waals surface area contributed by atoms with Crippen molar-refractivity contribution < 1.29 is 4.74 Å². The van der Waals surface area contributed by atoms with Crippen molar-refractivity contribution in [1.29, 1.82) is 0 Å². The summed E-state index contributed by atoms with van der Waals surface area (Å²) in [5.41, 5.74) is 1.88. The first-order chi connectivity index (χ1) is 11.7. The molecule has 7 heteroatoms. The largest absolute Gasteiger partial charge is 0.494 e. The van der Waals surface area contributed by atoms with E-state index in [2.05, 4.69) is 15.3 Å². The maximum Gasteiger partial charge on any atom is 0.235 e. The summed E-state index contributed by atoms with van der Waals surface area (Å²) in [5.74, 6) is 1.49. The van der Waals surface area contributed by atoms with Crippen LogP contribution in [0.2, 0.25) is 5.02 Å². The van der Waals surface area contributed by atoms with Gasteiger partial charge in [0.05, 0.1) is 6.61 Å². The Morgan fingerprint density at radius 1 is 1.08 bits per heavy atom. The molecule has 120 valence electrons. The highest BCUT2D eigenvalue weighted by Gasteiger charge is 2.15. The van der Waals surface area contributed by atoms with E-state index in [1.165, 1.54) is 11.3 Å². The molecule has 4 aromatic rings. The minimum atomic E-state index is 0.619. The summed E-state index contributed by atoms with van der Waals surface area (Å²) in [5, 5.41) is 14.7. The molecule has 0 saturated carbocycles. The Morgan fingerprint density at radius 2 is 1.92 bits per heavy atom. The number of nitrogens with zero attached hydrogens (tertiary/aromatic N) is 4. The fourth-order valence-corrected chi connectivity index (χ4v) is 3.45. The smallest absolute Gasteiger partial charge is 0.235 e. The molecule has 0 N–H and O–H groups in total. The van der Waals surface area contributed by atoms with Gasteiger partial charge >= 0.3 is 0 Å². The third kappa shape index (κ3) is 2.74. The lowest BCUT2D eigenvalue weighted by atomic mass is 10.2. The Morgan fingerprint density at radius 3 is 2.75 bits per heavy atom. The molecule has 0 fully saturated rings. The van der Waals surface area contributed by atoms with Gasteiger partial charge in [-0.2, -0.15) is 9.61 Å². The van der Waals surface area contributed by atoms with Crippen LogP contribution in [0, 0.1) is 0 Å². The van der Waals surface area contributed by atoms with Crippen LogP contribution in [0.15, 0.2) is 48.5 Å². The number of fused-ring (bicyclic) bond motifs is 1. The molecule has 0 amide bonds. The van der Waals surface area contributed by atoms with E-state index in [9.17, 15) is 0 Å². The molecular formula is C17H13ClN4OS. The molecule has 0 unspecified atom stereocenters. The molecule has 0 radical (unpaired) electrons. The normalized spacial score (nSPS) is 11.1. The lowest BCUT2D eigenvalue weighted by Gasteiger charge is -2.04. The van der Waals surface area contributed by atoms with Gasteiger partial charge in [0.15, 0.2) is 5.82 Å². The molecule has 2 aromatic heterocycles. The van der Waals surface area contributed by atoms with Crippen molar-refractivity contribution in [3.8, 4) is 27.7 Å². The van der Waals surface area contributed by atoms with Crippen LogP contribution < -0.4 is 4.74 Å². The van der Waals surface area contributed by atoms with E-state index in [1.54, 1.807) is 4.52 Å². The minimum Gasteiger partial charge on any atom is -0.494 e. The molecule has 0 aliphatic heterocycles. The van der Waals surface area contributed by atoms with Crippen molar-refractivity contribution in [1.82, 2.24) is 19.8 Å². The highest BCUT2D eigenvalue weighted by Crippen LogP contribution is 2.30.